The zero-order valence-corrected chi connectivity index (χ0v) is 22.0. The summed E-state index contributed by atoms with van der Waals surface area (Å²) in [6, 6.07) is 7.09. The van der Waals surface area contributed by atoms with Crippen LogP contribution < -0.4 is 5.32 Å². The first-order valence-corrected chi connectivity index (χ1v) is 14.2. The van der Waals surface area contributed by atoms with Crippen molar-refractivity contribution >= 4 is 44.0 Å². The van der Waals surface area contributed by atoms with Gasteiger partial charge < -0.3 is 14.8 Å². The smallest absolute Gasteiger partial charge is 0.177 e. The van der Waals surface area contributed by atoms with Crippen LogP contribution >= 0.6 is 11.6 Å². The SMILES string of the molecule is Cc1nc2c(Nc3ccc(C4CCC(C)(C)O4)cc3S(C)(=O)=O)cc(Cl)nc2n1C1CCCCO1. The van der Waals surface area contributed by atoms with Gasteiger partial charge in [-0.1, -0.05) is 17.7 Å². The van der Waals surface area contributed by atoms with Crippen LogP contribution in [0.3, 0.4) is 0 Å². The number of fused-ring (bicyclic) bond motifs is 1. The van der Waals surface area contributed by atoms with E-state index >= 15 is 0 Å². The molecular formula is C25H31ClN4O4S. The first-order chi connectivity index (χ1) is 16.5. The fourth-order valence-electron chi connectivity index (χ4n) is 5.02. The Hall–Kier alpha value is -2.20. The molecule has 2 aliphatic rings. The number of benzene rings is 1. The highest BCUT2D eigenvalue weighted by atomic mass is 35.5. The summed E-state index contributed by atoms with van der Waals surface area (Å²) in [5.41, 5.74) is 2.92. The number of hydrogen-bond acceptors (Lipinski definition) is 7. The summed E-state index contributed by atoms with van der Waals surface area (Å²) in [4.78, 5) is 9.48. The summed E-state index contributed by atoms with van der Waals surface area (Å²) in [5, 5.41) is 3.57. The summed E-state index contributed by atoms with van der Waals surface area (Å²) in [6.07, 6.45) is 5.70. The van der Waals surface area contributed by atoms with Gasteiger partial charge in [0, 0.05) is 18.9 Å². The molecule has 2 fully saturated rings. The third-order valence-electron chi connectivity index (χ3n) is 6.75. The van der Waals surface area contributed by atoms with Gasteiger partial charge in [-0.15, -0.1) is 0 Å². The molecule has 0 amide bonds. The van der Waals surface area contributed by atoms with Gasteiger partial charge in [0.15, 0.2) is 15.5 Å². The molecular weight excluding hydrogens is 488 g/mol. The molecule has 2 atom stereocenters. The van der Waals surface area contributed by atoms with Crippen molar-refractivity contribution in [2.75, 3.05) is 18.2 Å². The second kappa shape index (κ2) is 9.03. The van der Waals surface area contributed by atoms with Gasteiger partial charge in [0.1, 0.15) is 22.7 Å². The van der Waals surface area contributed by atoms with Gasteiger partial charge in [0.2, 0.25) is 0 Å². The lowest BCUT2D eigenvalue weighted by atomic mass is 10.0. The second-order valence-electron chi connectivity index (χ2n) is 10.1. The first-order valence-electron chi connectivity index (χ1n) is 12.0. The molecule has 5 rings (SSSR count). The number of sulfone groups is 1. The van der Waals surface area contributed by atoms with Gasteiger partial charge >= 0.3 is 0 Å². The Kier molecular flexibility index (Phi) is 6.32. The maximum absolute atomic E-state index is 12.8. The van der Waals surface area contributed by atoms with Gasteiger partial charge in [-0.05, 0) is 70.6 Å². The van der Waals surface area contributed by atoms with E-state index in [0.29, 0.717) is 29.1 Å². The van der Waals surface area contributed by atoms with Crippen LogP contribution in [0.15, 0.2) is 29.2 Å². The van der Waals surface area contributed by atoms with Gasteiger partial charge in [-0.25, -0.2) is 18.4 Å². The molecule has 35 heavy (non-hydrogen) atoms. The Morgan fingerprint density at radius 1 is 1.14 bits per heavy atom. The Bertz CT molecular complexity index is 1380. The number of rotatable bonds is 5. The van der Waals surface area contributed by atoms with Gasteiger partial charge in [-0.3, -0.25) is 4.57 Å². The van der Waals surface area contributed by atoms with E-state index in [4.69, 9.17) is 26.1 Å². The molecule has 2 aliphatic heterocycles. The van der Waals surface area contributed by atoms with Crippen molar-refractivity contribution < 1.29 is 17.9 Å². The molecule has 0 saturated carbocycles. The van der Waals surface area contributed by atoms with E-state index in [9.17, 15) is 8.42 Å². The fraction of sp³-hybridized carbons (Fsp3) is 0.520. The first kappa shape index (κ1) is 24.5. The number of imidazole rings is 1. The number of nitrogens with zero attached hydrogens (tertiary/aromatic N) is 3. The van der Waals surface area contributed by atoms with E-state index in [1.807, 2.05) is 17.6 Å². The van der Waals surface area contributed by atoms with Crippen molar-refractivity contribution in [2.45, 2.75) is 75.7 Å². The summed E-state index contributed by atoms with van der Waals surface area (Å²) < 4.78 is 39.7. The summed E-state index contributed by atoms with van der Waals surface area (Å²) in [7, 11) is -3.53. The summed E-state index contributed by atoms with van der Waals surface area (Å²) >= 11 is 6.41. The Labute approximate surface area is 210 Å². The predicted molar refractivity (Wildman–Crippen MR) is 136 cm³/mol. The van der Waals surface area contributed by atoms with Crippen LogP contribution in [0, 0.1) is 6.92 Å². The molecule has 2 unspecified atom stereocenters. The van der Waals surface area contributed by atoms with E-state index in [1.54, 1.807) is 18.2 Å². The standard InChI is InChI=1S/C25H31ClN4O4S/c1-15-27-23-18(14-21(26)29-24(23)30(15)22-7-5-6-12-33-22)28-17-9-8-16(13-20(17)35(4,31)32)19-10-11-25(2,3)34-19/h8-9,13-14,19,22H,5-7,10-12H2,1-4H3,(H,28,29). The zero-order valence-electron chi connectivity index (χ0n) is 20.5. The molecule has 8 nitrogen and oxygen atoms in total. The lowest BCUT2D eigenvalue weighted by molar-refractivity contribution is -0.0309. The number of nitrogens with one attached hydrogen (secondary N) is 1. The van der Waals surface area contributed by atoms with Gasteiger partial charge in [0.05, 0.1) is 28.0 Å². The number of anilines is 2. The van der Waals surface area contributed by atoms with Crippen molar-refractivity contribution in [3.8, 4) is 0 Å². The van der Waals surface area contributed by atoms with Crippen LogP contribution in [0.5, 0.6) is 0 Å². The van der Waals surface area contributed by atoms with Crippen LogP contribution in [-0.4, -0.2) is 41.4 Å². The average molecular weight is 519 g/mol. The van der Waals surface area contributed by atoms with Crippen molar-refractivity contribution in [1.82, 2.24) is 14.5 Å². The molecule has 10 heteroatoms. The molecule has 0 bridgehead atoms. The fourth-order valence-corrected chi connectivity index (χ4v) is 6.08. The van der Waals surface area contributed by atoms with Crippen molar-refractivity contribution in [3.63, 3.8) is 0 Å². The number of aromatic nitrogens is 3. The maximum Gasteiger partial charge on any atom is 0.177 e. The molecule has 3 aromatic rings. The van der Waals surface area contributed by atoms with Crippen LogP contribution in [0.25, 0.3) is 11.2 Å². The summed E-state index contributed by atoms with van der Waals surface area (Å²) in [5.74, 6) is 0.768. The minimum Gasteiger partial charge on any atom is -0.368 e. The zero-order chi connectivity index (χ0) is 25.0. The third-order valence-corrected chi connectivity index (χ3v) is 8.08. The number of aryl methyl sites for hydroxylation is 1. The lowest BCUT2D eigenvalue weighted by Crippen LogP contribution is -2.19. The molecule has 0 spiro atoms. The average Bonchev–Trinajstić information content (AvgIpc) is 3.32. The van der Waals surface area contributed by atoms with E-state index in [1.165, 1.54) is 6.26 Å². The number of pyridine rings is 1. The third kappa shape index (κ3) is 4.91. The quantitative estimate of drug-likeness (QED) is 0.422. The second-order valence-corrected chi connectivity index (χ2v) is 12.4. The van der Waals surface area contributed by atoms with Crippen molar-refractivity contribution in [2.24, 2.45) is 0 Å². The van der Waals surface area contributed by atoms with Crippen LogP contribution in [0.2, 0.25) is 5.15 Å². The molecule has 2 aromatic heterocycles. The van der Waals surface area contributed by atoms with Gasteiger partial charge in [-0.2, -0.15) is 0 Å². The van der Waals surface area contributed by atoms with Crippen molar-refractivity contribution in [1.29, 1.82) is 0 Å². The van der Waals surface area contributed by atoms with Crippen LogP contribution in [0.4, 0.5) is 11.4 Å². The number of hydrogen-bond donors (Lipinski definition) is 1. The van der Waals surface area contributed by atoms with E-state index in [0.717, 1.165) is 43.5 Å². The normalized spacial score (nSPS) is 22.5. The topological polar surface area (TPSA) is 95.3 Å². The predicted octanol–water partition coefficient (Wildman–Crippen LogP) is 5.87. The molecule has 0 radical (unpaired) electrons. The lowest BCUT2D eigenvalue weighted by Gasteiger charge is -2.25. The summed E-state index contributed by atoms with van der Waals surface area (Å²) in [6.45, 7) is 6.72. The van der Waals surface area contributed by atoms with Crippen LogP contribution in [-0.2, 0) is 19.3 Å². The van der Waals surface area contributed by atoms with E-state index < -0.39 is 9.84 Å². The minimum absolute atomic E-state index is 0.129. The Morgan fingerprint density at radius 3 is 2.60 bits per heavy atom. The molecule has 1 N–H and O–H groups in total. The molecule has 1 aromatic carbocycles. The van der Waals surface area contributed by atoms with E-state index in [2.05, 4.69) is 24.1 Å². The minimum atomic E-state index is -3.53. The largest absolute Gasteiger partial charge is 0.368 e. The highest BCUT2D eigenvalue weighted by Crippen LogP contribution is 2.41. The monoisotopic (exact) mass is 518 g/mol. The molecule has 4 heterocycles. The van der Waals surface area contributed by atoms with Gasteiger partial charge in [0.25, 0.3) is 0 Å². The Morgan fingerprint density at radius 2 is 1.94 bits per heavy atom. The molecule has 188 valence electrons. The highest BCUT2D eigenvalue weighted by molar-refractivity contribution is 7.90. The molecule has 2 saturated heterocycles. The van der Waals surface area contributed by atoms with E-state index in [-0.39, 0.29) is 28.0 Å². The molecule has 0 aliphatic carbocycles. The van der Waals surface area contributed by atoms with Crippen molar-refractivity contribution in [3.05, 3.63) is 40.8 Å². The van der Waals surface area contributed by atoms with Crippen LogP contribution in [0.1, 0.15) is 69.7 Å². The maximum atomic E-state index is 12.8. The number of halogens is 1. The highest BCUT2D eigenvalue weighted by Gasteiger charge is 2.33. The number of ether oxygens (including phenoxy) is 2. The Balaban J connectivity index is 1.55.